The molecule has 0 aliphatic carbocycles. The van der Waals surface area contributed by atoms with Gasteiger partial charge in [-0.3, -0.25) is 9.36 Å². The van der Waals surface area contributed by atoms with Crippen LogP contribution in [0.25, 0.3) is 10.1 Å². The molecule has 1 heterocycles. The number of alkyl halides is 2. The van der Waals surface area contributed by atoms with Crippen molar-refractivity contribution in [3.05, 3.63) is 56.4 Å². The molecule has 180 valence electrons. The van der Waals surface area contributed by atoms with Crippen LogP contribution in [0.5, 0.6) is 5.75 Å². The molecule has 0 aliphatic rings. The van der Waals surface area contributed by atoms with E-state index in [1.54, 1.807) is 0 Å². The average Bonchev–Trinajstić information content (AvgIpc) is 3.07. The van der Waals surface area contributed by atoms with Crippen LogP contribution in [0.3, 0.4) is 0 Å². The number of fused-ring (bicyclic) bond motifs is 1. The Balaban J connectivity index is 2.13. The quantitative estimate of drug-likeness (QED) is 0.346. The second-order valence-corrected chi connectivity index (χ2v) is 12.5. The number of rotatable bonds is 7. The fourth-order valence-corrected chi connectivity index (χ4v) is 6.51. The molecule has 15 heteroatoms. The third kappa shape index (κ3) is 4.86. The normalized spacial score (nSPS) is 12.5. The molecule has 0 unspecified atom stereocenters. The molecule has 34 heavy (non-hydrogen) atoms. The summed E-state index contributed by atoms with van der Waals surface area (Å²) in [5, 5.41) is 9.38. The van der Waals surface area contributed by atoms with Crippen LogP contribution in [-0.4, -0.2) is 30.4 Å². The molecule has 2 aromatic carbocycles. The van der Waals surface area contributed by atoms with E-state index in [2.05, 4.69) is 15.9 Å². The lowest BCUT2D eigenvalue weighted by atomic mass is 10.1. The van der Waals surface area contributed by atoms with Gasteiger partial charge < -0.3 is 20.3 Å². The maximum atomic E-state index is 14.4. The summed E-state index contributed by atoms with van der Waals surface area (Å²) in [7, 11) is -9.45. The molecule has 0 atom stereocenters. The topological polar surface area (TPSA) is 168 Å². The molecule has 0 saturated carbocycles. The number of nitrogens with two attached hydrogens (primary N) is 1. The number of hydrogen-bond acceptors (Lipinski definition) is 7. The maximum Gasteiger partial charge on any atom is 0.400 e. The molecule has 0 bridgehead atoms. The Kier molecular flexibility index (Phi) is 6.93. The first-order valence-electron chi connectivity index (χ1n) is 8.93. The predicted molar refractivity (Wildman–Crippen MR) is 123 cm³/mol. The lowest BCUT2D eigenvalue weighted by Gasteiger charge is -2.16. The van der Waals surface area contributed by atoms with Crippen molar-refractivity contribution in [1.82, 2.24) is 0 Å². The van der Waals surface area contributed by atoms with Crippen LogP contribution in [0, 0.1) is 11.3 Å². The summed E-state index contributed by atoms with van der Waals surface area (Å²) < 4.78 is 69.1. The van der Waals surface area contributed by atoms with Gasteiger partial charge in [-0.05, 0) is 40.2 Å². The maximum absolute atomic E-state index is 14.4. The lowest BCUT2D eigenvalue weighted by molar-refractivity contribution is 0.0595. The summed E-state index contributed by atoms with van der Waals surface area (Å²) >= 11 is 3.27. The van der Waals surface area contributed by atoms with E-state index >= 15 is 0 Å². The van der Waals surface area contributed by atoms with E-state index in [1.165, 1.54) is 24.3 Å². The number of thiophene rings is 1. The molecular formula is C19H14BrF2N2O7PS2. The van der Waals surface area contributed by atoms with Gasteiger partial charge in [-0.25, -0.2) is 8.42 Å². The summed E-state index contributed by atoms with van der Waals surface area (Å²) in [6.07, 6.45) is 0.978. The summed E-state index contributed by atoms with van der Waals surface area (Å²) in [5.41, 5.74) is 0.933. The van der Waals surface area contributed by atoms with Crippen LogP contribution < -0.4 is 10.5 Å². The Morgan fingerprint density at radius 2 is 1.97 bits per heavy atom. The van der Waals surface area contributed by atoms with Crippen molar-refractivity contribution in [2.75, 3.05) is 6.26 Å². The number of sulfone groups is 1. The van der Waals surface area contributed by atoms with Gasteiger partial charge in [-0.15, -0.1) is 11.3 Å². The van der Waals surface area contributed by atoms with E-state index in [0.29, 0.717) is 11.3 Å². The molecule has 1 amide bonds. The zero-order chi connectivity index (χ0) is 25.6. The van der Waals surface area contributed by atoms with Crippen LogP contribution in [-0.2, 0) is 26.7 Å². The zero-order valence-corrected chi connectivity index (χ0v) is 21.1. The minimum Gasteiger partial charge on any atom is -0.487 e. The SMILES string of the molecule is CS(=O)(=O)c1ccc(COc2cc(C(N)=O)cc3c(Br)c(C(F)(F)P(=O)(O)O)sc23)c(C#N)c1. The fourth-order valence-electron chi connectivity index (χ4n) is 2.89. The van der Waals surface area contributed by atoms with Gasteiger partial charge in [-0.1, -0.05) is 6.07 Å². The van der Waals surface area contributed by atoms with Crippen LogP contribution in [0.1, 0.15) is 26.4 Å². The number of nitrogens with zero attached hydrogens (tertiary/aromatic N) is 1. The van der Waals surface area contributed by atoms with Crippen molar-refractivity contribution in [2.45, 2.75) is 17.2 Å². The van der Waals surface area contributed by atoms with Crippen LogP contribution in [0.4, 0.5) is 8.78 Å². The monoisotopic (exact) mass is 594 g/mol. The van der Waals surface area contributed by atoms with Gasteiger partial charge in [-0.2, -0.15) is 14.0 Å². The Bertz CT molecular complexity index is 1530. The van der Waals surface area contributed by atoms with Crippen LogP contribution >= 0.6 is 34.9 Å². The number of ether oxygens (including phenoxy) is 1. The Labute approximate surface area is 204 Å². The highest BCUT2D eigenvalue weighted by molar-refractivity contribution is 9.10. The van der Waals surface area contributed by atoms with Crippen molar-refractivity contribution in [3.8, 4) is 11.8 Å². The second-order valence-electron chi connectivity index (χ2n) is 7.04. The van der Waals surface area contributed by atoms with Gasteiger partial charge >= 0.3 is 13.3 Å². The van der Waals surface area contributed by atoms with Gasteiger partial charge in [0, 0.05) is 27.2 Å². The molecule has 1 aromatic heterocycles. The lowest BCUT2D eigenvalue weighted by Crippen LogP contribution is -2.12. The first kappa shape index (κ1) is 26.2. The zero-order valence-electron chi connectivity index (χ0n) is 17.0. The van der Waals surface area contributed by atoms with Crippen molar-refractivity contribution in [3.63, 3.8) is 0 Å². The predicted octanol–water partition coefficient (Wildman–Crippen LogP) is 3.84. The van der Waals surface area contributed by atoms with Crippen LogP contribution in [0.2, 0.25) is 0 Å². The van der Waals surface area contributed by atoms with E-state index in [-0.39, 0.29) is 48.5 Å². The Hall–Kier alpha value is -2.40. The molecular weight excluding hydrogens is 581 g/mol. The molecule has 0 saturated heterocycles. The Morgan fingerprint density at radius 1 is 1.32 bits per heavy atom. The van der Waals surface area contributed by atoms with Crippen LogP contribution in [0.15, 0.2) is 39.7 Å². The minimum absolute atomic E-state index is 0.00681. The summed E-state index contributed by atoms with van der Waals surface area (Å²) in [6, 6.07) is 7.97. The molecule has 0 fully saturated rings. The van der Waals surface area contributed by atoms with Crippen molar-refractivity contribution >= 4 is 60.7 Å². The third-order valence-electron chi connectivity index (χ3n) is 4.63. The van der Waals surface area contributed by atoms with Gasteiger partial charge in [0.05, 0.1) is 21.2 Å². The largest absolute Gasteiger partial charge is 0.487 e. The molecule has 0 radical (unpaired) electrons. The molecule has 3 rings (SSSR count). The number of carbonyl (C=O) groups excluding carboxylic acids is 1. The minimum atomic E-state index is -5.88. The van der Waals surface area contributed by atoms with E-state index in [9.17, 15) is 31.8 Å². The van der Waals surface area contributed by atoms with E-state index in [1.807, 2.05) is 6.07 Å². The van der Waals surface area contributed by atoms with E-state index < -0.39 is 33.9 Å². The van der Waals surface area contributed by atoms with Gasteiger partial charge in [0.25, 0.3) is 0 Å². The van der Waals surface area contributed by atoms with Gasteiger partial charge in [0.15, 0.2) is 9.84 Å². The van der Waals surface area contributed by atoms with Crippen molar-refractivity contribution in [2.24, 2.45) is 5.73 Å². The average molecular weight is 595 g/mol. The second kappa shape index (κ2) is 8.99. The summed E-state index contributed by atoms with van der Waals surface area (Å²) in [6.45, 7) is -0.315. The molecule has 4 N–H and O–H groups in total. The number of benzene rings is 2. The first-order chi connectivity index (χ1) is 15.6. The first-order valence-corrected chi connectivity index (χ1v) is 14.0. The molecule has 0 spiro atoms. The van der Waals surface area contributed by atoms with E-state index in [0.717, 1.165) is 12.3 Å². The standard InChI is InChI=1S/C19H14BrF2N2O7PS2/c1-34(29,30)12-3-2-9(11(4-12)7-23)8-31-14-6-10(18(24)25)5-13-15(20)17(33-16(13)14)19(21,22)32(26,27)28/h2-6H,8H2,1H3,(H2,24,25)(H2,26,27,28). The fraction of sp³-hybridized carbons (Fsp3) is 0.158. The number of carbonyl (C=O) groups is 1. The summed E-state index contributed by atoms with van der Waals surface area (Å²) in [5.74, 6) is -1.02. The highest BCUT2D eigenvalue weighted by Gasteiger charge is 2.53. The van der Waals surface area contributed by atoms with Gasteiger partial charge in [0.2, 0.25) is 5.91 Å². The highest BCUT2D eigenvalue weighted by Crippen LogP contribution is 2.63. The third-order valence-corrected chi connectivity index (χ3v) is 9.22. The molecule has 3 aromatic rings. The van der Waals surface area contributed by atoms with Crippen molar-refractivity contribution < 1.29 is 41.1 Å². The molecule has 9 nitrogen and oxygen atoms in total. The van der Waals surface area contributed by atoms with Crippen molar-refractivity contribution in [1.29, 1.82) is 5.26 Å². The number of primary amides is 1. The van der Waals surface area contributed by atoms with E-state index in [4.69, 9.17) is 20.3 Å². The van der Waals surface area contributed by atoms with Gasteiger partial charge in [0.1, 0.15) is 17.2 Å². The number of nitriles is 1. The Morgan fingerprint density at radius 3 is 2.50 bits per heavy atom. The smallest absolute Gasteiger partial charge is 0.400 e. The highest BCUT2D eigenvalue weighted by atomic mass is 79.9. The number of amides is 1. The number of hydrogen-bond donors (Lipinski definition) is 3. The summed E-state index contributed by atoms with van der Waals surface area (Å²) in [4.78, 5) is 28.9. The number of halogens is 3. The molecule has 0 aliphatic heterocycles.